The number of hydrogen-bond donors (Lipinski definition) is 1. The predicted octanol–water partition coefficient (Wildman–Crippen LogP) is 3.31. The molecule has 4 rings (SSSR count). The van der Waals surface area contributed by atoms with Crippen LogP contribution in [0.15, 0.2) is 23.8 Å². The molecule has 4 aliphatic carbocycles. The summed E-state index contributed by atoms with van der Waals surface area (Å²) in [4.78, 5) is 50.0. The first-order valence-corrected chi connectivity index (χ1v) is 12.9. The van der Waals surface area contributed by atoms with Crippen molar-refractivity contribution in [1.29, 1.82) is 0 Å². The van der Waals surface area contributed by atoms with E-state index in [0.29, 0.717) is 19.3 Å². The van der Waals surface area contributed by atoms with Crippen LogP contribution in [0.1, 0.15) is 66.7 Å². The van der Waals surface area contributed by atoms with E-state index < -0.39 is 46.5 Å². The second-order valence-electron chi connectivity index (χ2n) is 11.5. The summed E-state index contributed by atoms with van der Waals surface area (Å²) in [7, 11) is 1.46. The minimum atomic E-state index is -1.70. The largest absolute Gasteiger partial charge is 0.417 e. The summed E-state index contributed by atoms with van der Waals surface area (Å²) >= 11 is 0. The molecule has 36 heavy (non-hydrogen) atoms. The van der Waals surface area contributed by atoms with Crippen molar-refractivity contribution in [3.63, 3.8) is 0 Å². The second kappa shape index (κ2) is 9.21. The van der Waals surface area contributed by atoms with E-state index in [-0.39, 0.29) is 35.9 Å². The van der Waals surface area contributed by atoms with Gasteiger partial charge in [0.25, 0.3) is 0 Å². The van der Waals surface area contributed by atoms with Crippen LogP contribution in [0.2, 0.25) is 0 Å². The molecule has 0 aliphatic heterocycles. The highest BCUT2D eigenvalue weighted by molar-refractivity contribution is 6.01. The smallest absolute Gasteiger partial charge is 0.309 e. The van der Waals surface area contributed by atoms with E-state index in [0.717, 1.165) is 18.9 Å². The lowest BCUT2D eigenvalue weighted by molar-refractivity contribution is -0.215. The van der Waals surface area contributed by atoms with Crippen molar-refractivity contribution in [3.05, 3.63) is 23.8 Å². The second-order valence-corrected chi connectivity index (χ2v) is 11.5. The first-order valence-electron chi connectivity index (χ1n) is 12.9. The summed E-state index contributed by atoms with van der Waals surface area (Å²) in [6, 6.07) is 0. The number of carbonyl (C=O) groups is 4. The molecular weight excluding hydrogens is 464 g/mol. The highest BCUT2D eigenvalue weighted by atomic mass is 16.7. The summed E-state index contributed by atoms with van der Waals surface area (Å²) in [5, 5.41) is 11.7. The van der Waals surface area contributed by atoms with Gasteiger partial charge in [-0.05, 0) is 55.6 Å². The van der Waals surface area contributed by atoms with E-state index in [4.69, 9.17) is 14.2 Å². The maximum atomic E-state index is 14.0. The van der Waals surface area contributed by atoms with Gasteiger partial charge in [0.05, 0.1) is 6.10 Å². The quantitative estimate of drug-likeness (QED) is 0.434. The zero-order valence-corrected chi connectivity index (χ0v) is 22.0. The van der Waals surface area contributed by atoms with Gasteiger partial charge in [0.15, 0.2) is 5.78 Å². The van der Waals surface area contributed by atoms with E-state index >= 15 is 0 Å². The Morgan fingerprint density at radius 1 is 1.22 bits per heavy atom. The topological polar surface area (TPSA) is 116 Å². The first-order chi connectivity index (χ1) is 16.8. The summed E-state index contributed by atoms with van der Waals surface area (Å²) in [6.07, 6.45) is 4.98. The average molecular weight is 503 g/mol. The maximum absolute atomic E-state index is 14.0. The van der Waals surface area contributed by atoms with Gasteiger partial charge in [-0.2, -0.15) is 0 Å². The van der Waals surface area contributed by atoms with Gasteiger partial charge in [0, 0.05) is 37.2 Å². The molecule has 198 valence electrons. The van der Waals surface area contributed by atoms with Crippen molar-refractivity contribution in [2.75, 3.05) is 7.11 Å². The fraction of sp³-hybridized carbons (Fsp3) is 0.714. The minimum Gasteiger partial charge on any atom is -0.417 e. The molecule has 0 heterocycles. The van der Waals surface area contributed by atoms with Crippen LogP contribution in [-0.2, 0) is 33.4 Å². The Kier molecular flexibility index (Phi) is 6.84. The van der Waals surface area contributed by atoms with Crippen LogP contribution in [0.3, 0.4) is 0 Å². The first kappa shape index (κ1) is 26.7. The van der Waals surface area contributed by atoms with Gasteiger partial charge in [0.2, 0.25) is 5.78 Å². The molecule has 0 radical (unpaired) electrons. The van der Waals surface area contributed by atoms with Crippen LogP contribution >= 0.6 is 0 Å². The number of aliphatic hydroxyl groups excluding tert-OH is 1. The van der Waals surface area contributed by atoms with Crippen LogP contribution in [0.5, 0.6) is 0 Å². The van der Waals surface area contributed by atoms with Crippen LogP contribution in [0.25, 0.3) is 0 Å². The number of aliphatic hydroxyl groups is 1. The Balaban J connectivity index is 1.73. The summed E-state index contributed by atoms with van der Waals surface area (Å²) in [5.41, 5.74) is -1.55. The van der Waals surface area contributed by atoms with Crippen molar-refractivity contribution in [1.82, 2.24) is 0 Å². The third-order valence-electron chi connectivity index (χ3n) is 9.70. The Bertz CT molecular complexity index is 1030. The molecule has 0 aromatic heterocycles. The summed E-state index contributed by atoms with van der Waals surface area (Å²) in [6.45, 7) is 8.94. The number of methoxy groups -OCH3 is 1. The molecular formula is C28H38O8. The lowest BCUT2D eigenvalue weighted by Crippen LogP contribution is -2.64. The number of esters is 2. The van der Waals surface area contributed by atoms with Gasteiger partial charge in [-0.3, -0.25) is 19.2 Å². The molecule has 9 atom stereocenters. The molecule has 0 spiro atoms. The number of fused-ring (bicyclic) bond motifs is 5. The number of Topliss-reactive ketones (excluding diaryl/α,β-unsaturated/α-hetero) is 1. The monoisotopic (exact) mass is 502 g/mol. The number of ether oxygens (including phenoxy) is 3. The molecule has 1 unspecified atom stereocenters. The Morgan fingerprint density at radius 2 is 1.92 bits per heavy atom. The van der Waals surface area contributed by atoms with Crippen LogP contribution in [-0.4, -0.2) is 53.7 Å². The SMILES string of the molecule is CCC(=O)OC(OC(C)=O)C(=O)[C@@]1(OC)CC[C@H]2[C@@H]3C[C@H](C)C4=CC(=O)C=C[C@]4(C)[C@H]3[C@@H](O)C[C@@]21C. The predicted molar refractivity (Wildman–Crippen MR) is 129 cm³/mol. The molecule has 0 amide bonds. The van der Waals surface area contributed by atoms with Gasteiger partial charge in [-0.15, -0.1) is 0 Å². The molecule has 8 nitrogen and oxygen atoms in total. The molecule has 0 aromatic carbocycles. The zero-order valence-electron chi connectivity index (χ0n) is 22.0. The highest BCUT2D eigenvalue weighted by Crippen LogP contribution is 2.68. The van der Waals surface area contributed by atoms with Gasteiger partial charge >= 0.3 is 18.2 Å². The molecule has 0 bridgehead atoms. The Labute approximate surface area is 212 Å². The lowest BCUT2D eigenvalue weighted by atomic mass is 9.44. The van der Waals surface area contributed by atoms with Crippen LogP contribution in [0.4, 0.5) is 0 Å². The summed E-state index contributed by atoms with van der Waals surface area (Å²) < 4.78 is 16.4. The average Bonchev–Trinajstić information content (AvgIpc) is 3.11. The van der Waals surface area contributed by atoms with E-state index in [1.807, 2.05) is 13.0 Å². The molecule has 3 saturated carbocycles. The molecule has 4 aliphatic rings. The van der Waals surface area contributed by atoms with Crippen LogP contribution in [0, 0.1) is 34.5 Å². The fourth-order valence-electron chi connectivity index (χ4n) is 8.25. The number of carbonyl (C=O) groups excluding carboxylic acids is 4. The number of hydrogen-bond acceptors (Lipinski definition) is 8. The van der Waals surface area contributed by atoms with Crippen molar-refractivity contribution in [3.8, 4) is 0 Å². The molecule has 0 saturated heterocycles. The fourth-order valence-corrected chi connectivity index (χ4v) is 8.25. The van der Waals surface area contributed by atoms with E-state index in [9.17, 15) is 24.3 Å². The standard InChI is InChI=1S/C28H38O8/c1-7-22(32)36-25(35-16(3)29)24(33)28(34-6)11-9-19-18-12-15(2)20-13-17(30)8-10-26(20,4)23(18)21(31)14-27(19,28)5/h8,10,13,15,18-19,21,23,25,31H,7,9,11-12,14H2,1-6H3/t15-,18-,19-,21-,23+,25?,26-,27-,28-/m0/s1. The van der Waals surface area contributed by atoms with Gasteiger partial charge in [0.1, 0.15) is 5.60 Å². The van der Waals surface area contributed by atoms with Crippen molar-refractivity contribution in [2.24, 2.45) is 34.5 Å². The van der Waals surface area contributed by atoms with E-state index in [2.05, 4.69) is 13.8 Å². The zero-order chi connectivity index (χ0) is 26.6. The molecule has 0 aromatic rings. The number of allylic oxidation sites excluding steroid dienone is 4. The minimum absolute atomic E-state index is 0.0223. The van der Waals surface area contributed by atoms with Gasteiger partial charge in [-0.1, -0.05) is 39.3 Å². The third-order valence-corrected chi connectivity index (χ3v) is 9.70. The van der Waals surface area contributed by atoms with E-state index in [1.165, 1.54) is 7.11 Å². The van der Waals surface area contributed by atoms with E-state index in [1.54, 1.807) is 19.1 Å². The third kappa shape index (κ3) is 3.79. The number of rotatable bonds is 6. The molecule has 1 N–H and O–H groups in total. The normalized spacial score (nSPS) is 41.9. The molecule has 8 heteroatoms. The number of ketones is 2. The van der Waals surface area contributed by atoms with Crippen LogP contribution < -0.4 is 0 Å². The van der Waals surface area contributed by atoms with Gasteiger partial charge < -0.3 is 19.3 Å². The van der Waals surface area contributed by atoms with Crippen molar-refractivity contribution >= 4 is 23.5 Å². The van der Waals surface area contributed by atoms with Gasteiger partial charge in [-0.25, -0.2) is 0 Å². The summed E-state index contributed by atoms with van der Waals surface area (Å²) in [5.74, 6) is -1.84. The maximum Gasteiger partial charge on any atom is 0.309 e. The van der Waals surface area contributed by atoms with Crippen molar-refractivity contribution in [2.45, 2.75) is 84.7 Å². The lowest BCUT2D eigenvalue weighted by Gasteiger charge is -2.61. The van der Waals surface area contributed by atoms with Crippen molar-refractivity contribution < 1.29 is 38.5 Å². The highest BCUT2D eigenvalue weighted by Gasteiger charge is 2.70. The molecule has 3 fully saturated rings. The Morgan fingerprint density at radius 3 is 2.53 bits per heavy atom. The Hall–Kier alpha value is -2.32.